The van der Waals surface area contributed by atoms with Crippen LogP contribution in [-0.4, -0.2) is 35.8 Å². The summed E-state index contributed by atoms with van der Waals surface area (Å²) in [6.45, 7) is 2.61. The van der Waals surface area contributed by atoms with Gasteiger partial charge in [-0.25, -0.2) is 0 Å². The van der Waals surface area contributed by atoms with E-state index in [-0.39, 0.29) is 24.4 Å². The van der Waals surface area contributed by atoms with Gasteiger partial charge in [-0.2, -0.15) is 0 Å². The lowest BCUT2D eigenvalue weighted by Crippen LogP contribution is -2.37. The van der Waals surface area contributed by atoms with E-state index in [1.165, 1.54) is 0 Å². The number of ether oxygens (including phenoxy) is 2. The molecular formula is C20H21ClN2O4. The van der Waals surface area contributed by atoms with Crippen molar-refractivity contribution >= 4 is 23.2 Å². The summed E-state index contributed by atoms with van der Waals surface area (Å²) >= 11 is 6.25. The number of aromatic hydroxyl groups is 1. The van der Waals surface area contributed by atoms with Gasteiger partial charge in [0.2, 0.25) is 12.7 Å². The molecule has 0 unspecified atom stereocenters. The van der Waals surface area contributed by atoms with Crippen LogP contribution in [0.1, 0.15) is 18.4 Å². The molecule has 0 aliphatic carbocycles. The van der Waals surface area contributed by atoms with E-state index >= 15 is 0 Å². The Morgan fingerprint density at radius 3 is 2.78 bits per heavy atom. The van der Waals surface area contributed by atoms with Crippen LogP contribution in [-0.2, 0) is 11.3 Å². The molecule has 27 heavy (non-hydrogen) atoms. The molecule has 2 heterocycles. The van der Waals surface area contributed by atoms with Gasteiger partial charge in [-0.3, -0.25) is 9.69 Å². The Morgan fingerprint density at radius 2 is 2.00 bits per heavy atom. The number of nitrogens with one attached hydrogen (secondary N) is 1. The minimum absolute atomic E-state index is 0.0396. The largest absolute Gasteiger partial charge is 0.506 e. The van der Waals surface area contributed by atoms with Crippen LogP contribution in [0.3, 0.4) is 0 Å². The maximum atomic E-state index is 12.5. The van der Waals surface area contributed by atoms with Crippen molar-refractivity contribution in [2.75, 3.05) is 25.2 Å². The van der Waals surface area contributed by atoms with Gasteiger partial charge in [-0.1, -0.05) is 23.7 Å². The number of nitrogens with zero attached hydrogens (tertiary/aromatic N) is 1. The number of benzene rings is 2. The molecule has 0 atom stereocenters. The second kappa shape index (κ2) is 7.66. The molecule has 142 valence electrons. The van der Waals surface area contributed by atoms with Crippen molar-refractivity contribution in [3.63, 3.8) is 0 Å². The fraction of sp³-hybridized carbons (Fsp3) is 0.350. The molecule has 1 amide bonds. The summed E-state index contributed by atoms with van der Waals surface area (Å²) < 4.78 is 10.8. The summed E-state index contributed by atoms with van der Waals surface area (Å²) in [4.78, 5) is 14.8. The normalized spacial score (nSPS) is 17.1. The van der Waals surface area contributed by atoms with E-state index in [4.69, 9.17) is 21.1 Å². The fourth-order valence-corrected chi connectivity index (χ4v) is 3.83. The highest BCUT2D eigenvalue weighted by atomic mass is 35.5. The van der Waals surface area contributed by atoms with Crippen LogP contribution in [0, 0.1) is 5.92 Å². The number of phenols is 1. The number of piperidine rings is 1. The molecule has 0 saturated carbocycles. The van der Waals surface area contributed by atoms with Crippen LogP contribution in [0.4, 0.5) is 5.69 Å². The molecule has 4 rings (SSSR count). The minimum atomic E-state index is -0.0544. The molecule has 0 radical (unpaired) electrons. The molecule has 1 saturated heterocycles. The predicted molar refractivity (Wildman–Crippen MR) is 102 cm³/mol. The summed E-state index contributed by atoms with van der Waals surface area (Å²) in [6.07, 6.45) is 1.55. The van der Waals surface area contributed by atoms with E-state index in [0.717, 1.165) is 38.0 Å². The Labute approximate surface area is 162 Å². The van der Waals surface area contributed by atoms with E-state index in [9.17, 15) is 9.90 Å². The molecule has 2 aliphatic rings. The molecular weight excluding hydrogens is 368 g/mol. The Kier molecular flexibility index (Phi) is 5.09. The van der Waals surface area contributed by atoms with Crippen molar-refractivity contribution in [3.05, 3.63) is 47.0 Å². The number of fused-ring (bicyclic) bond motifs is 1. The number of halogens is 1. The molecule has 6 nitrogen and oxygen atoms in total. The van der Waals surface area contributed by atoms with Gasteiger partial charge in [-0.15, -0.1) is 0 Å². The number of rotatable bonds is 4. The molecule has 2 aromatic carbocycles. The van der Waals surface area contributed by atoms with Crippen LogP contribution in [0.15, 0.2) is 36.4 Å². The van der Waals surface area contributed by atoms with Crippen molar-refractivity contribution < 1.29 is 19.4 Å². The maximum Gasteiger partial charge on any atom is 0.231 e. The fourth-order valence-electron chi connectivity index (χ4n) is 3.54. The van der Waals surface area contributed by atoms with Crippen molar-refractivity contribution in [1.82, 2.24) is 4.90 Å². The Hall–Kier alpha value is -2.44. The molecule has 7 heteroatoms. The molecule has 0 aromatic heterocycles. The first-order valence-electron chi connectivity index (χ1n) is 8.99. The molecule has 1 fully saturated rings. The number of carbonyl (C=O) groups excluding carboxylic acids is 1. The summed E-state index contributed by atoms with van der Waals surface area (Å²) in [6, 6.07) is 10.7. The second-order valence-electron chi connectivity index (χ2n) is 6.87. The standard InChI is InChI=1S/C20H21ClN2O4/c21-15-9-13(10-18-19(15)27-12-26-18)11-23-7-5-14(6-8-23)20(25)22-16-3-1-2-4-17(16)24/h1-4,9-10,14,24H,5-8,11-12H2,(H,22,25). The zero-order valence-corrected chi connectivity index (χ0v) is 15.5. The van der Waals surface area contributed by atoms with E-state index in [1.807, 2.05) is 12.1 Å². The van der Waals surface area contributed by atoms with Crippen molar-refractivity contribution in [3.8, 4) is 17.2 Å². The average molecular weight is 389 g/mol. The van der Waals surface area contributed by atoms with Crippen LogP contribution in [0.25, 0.3) is 0 Å². The summed E-state index contributed by atoms with van der Waals surface area (Å²) in [5.74, 6) is 1.29. The van der Waals surface area contributed by atoms with Crippen LogP contribution in [0.2, 0.25) is 5.02 Å². The van der Waals surface area contributed by atoms with Crippen molar-refractivity contribution in [1.29, 1.82) is 0 Å². The molecule has 2 aromatic rings. The first kappa shape index (κ1) is 17.9. The van der Waals surface area contributed by atoms with Gasteiger partial charge < -0.3 is 19.9 Å². The van der Waals surface area contributed by atoms with Crippen molar-refractivity contribution in [2.45, 2.75) is 19.4 Å². The van der Waals surface area contributed by atoms with Crippen LogP contribution < -0.4 is 14.8 Å². The van der Waals surface area contributed by atoms with Gasteiger partial charge in [0.1, 0.15) is 5.75 Å². The maximum absolute atomic E-state index is 12.5. The lowest BCUT2D eigenvalue weighted by Gasteiger charge is -2.31. The number of likely N-dealkylation sites (tertiary alicyclic amines) is 1. The smallest absolute Gasteiger partial charge is 0.231 e. The first-order chi connectivity index (χ1) is 13.1. The second-order valence-corrected chi connectivity index (χ2v) is 7.28. The molecule has 0 spiro atoms. The lowest BCUT2D eigenvalue weighted by molar-refractivity contribution is -0.121. The zero-order valence-electron chi connectivity index (χ0n) is 14.8. The number of para-hydroxylation sites is 2. The Morgan fingerprint density at radius 1 is 1.22 bits per heavy atom. The predicted octanol–water partition coefficient (Wildman–Crippen LogP) is 3.63. The number of anilines is 1. The number of carbonyl (C=O) groups is 1. The third-order valence-electron chi connectivity index (χ3n) is 5.01. The SMILES string of the molecule is O=C(Nc1ccccc1O)C1CCN(Cc2cc(Cl)c3c(c2)OCO3)CC1. The highest BCUT2D eigenvalue weighted by Crippen LogP contribution is 2.40. The van der Waals surface area contributed by atoms with E-state index in [1.54, 1.807) is 24.3 Å². The zero-order chi connectivity index (χ0) is 18.8. The highest BCUT2D eigenvalue weighted by Gasteiger charge is 2.26. The first-order valence-corrected chi connectivity index (χ1v) is 9.37. The van der Waals surface area contributed by atoms with Gasteiger partial charge in [0.25, 0.3) is 0 Å². The minimum Gasteiger partial charge on any atom is -0.506 e. The van der Waals surface area contributed by atoms with Crippen molar-refractivity contribution in [2.24, 2.45) is 5.92 Å². The van der Waals surface area contributed by atoms with Crippen LogP contribution in [0.5, 0.6) is 17.2 Å². The summed E-state index contributed by atoms with van der Waals surface area (Å²) in [5, 5.41) is 13.2. The summed E-state index contributed by atoms with van der Waals surface area (Å²) in [5.41, 5.74) is 1.53. The van der Waals surface area contributed by atoms with E-state index < -0.39 is 0 Å². The molecule has 0 bridgehead atoms. The Bertz CT molecular complexity index is 850. The molecule has 2 aliphatic heterocycles. The number of phenolic OH excluding ortho intramolecular Hbond substituents is 1. The third-order valence-corrected chi connectivity index (χ3v) is 5.29. The van der Waals surface area contributed by atoms with Gasteiger partial charge in [-0.05, 0) is 55.8 Å². The molecule has 2 N–H and O–H groups in total. The highest BCUT2D eigenvalue weighted by molar-refractivity contribution is 6.32. The van der Waals surface area contributed by atoms with E-state index in [2.05, 4.69) is 10.2 Å². The van der Waals surface area contributed by atoms with Gasteiger partial charge >= 0.3 is 0 Å². The number of amides is 1. The number of hydrogen-bond donors (Lipinski definition) is 2. The monoisotopic (exact) mass is 388 g/mol. The van der Waals surface area contributed by atoms with Gasteiger partial charge in [0.15, 0.2) is 11.5 Å². The topological polar surface area (TPSA) is 71.0 Å². The lowest BCUT2D eigenvalue weighted by atomic mass is 9.95. The van der Waals surface area contributed by atoms with E-state index in [0.29, 0.717) is 22.2 Å². The quantitative estimate of drug-likeness (QED) is 0.783. The average Bonchev–Trinajstić information content (AvgIpc) is 3.13. The van der Waals surface area contributed by atoms with Crippen LogP contribution >= 0.6 is 11.6 Å². The van der Waals surface area contributed by atoms with Gasteiger partial charge in [0, 0.05) is 12.5 Å². The number of hydrogen-bond acceptors (Lipinski definition) is 5. The third kappa shape index (κ3) is 3.96. The summed E-state index contributed by atoms with van der Waals surface area (Å²) in [7, 11) is 0. The Balaban J connectivity index is 1.32. The van der Waals surface area contributed by atoms with Gasteiger partial charge in [0.05, 0.1) is 10.7 Å².